The van der Waals surface area contributed by atoms with E-state index in [0.717, 1.165) is 12.8 Å². The van der Waals surface area contributed by atoms with E-state index in [2.05, 4.69) is 0 Å². The maximum atomic E-state index is 10.9. The van der Waals surface area contributed by atoms with E-state index in [1.54, 1.807) is 0 Å². The third-order valence-electron chi connectivity index (χ3n) is 2.40. The van der Waals surface area contributed by atoms with Gasteiger partial charge in [-0.05, 0) is 26.2 Å². The Morgan fingerprint density at radius 2 is 1.88 bits per heavy atom. The molecule has 0 aliphatic rings. The molecule has 0 fully saturated rings. The minimum absolute atomic E-state index is 0.134. The van der Waals surface area contributed by atoms with Crippen molar-refractivity contribution < 1.29 is 18.3 Å². The Balaban J connectivity index is 3.95. The second-order valence-corrected chi connectivity index (χ2v) is 6.38. The lowest BCUT2D eigenvalue weighted by atomic mass is 10.0. The number of hydrogen-bond donors (Lipinski definition) is 1. The van der Waals surface area contributed by atoms with Crippen molar-refractivity contribution in [1.82, 2.24) is 0 Å². The first-order valence-electron chi connectivity index (χ1n) is 5.88. The van der Waals surface area contributed by atoms with Crippen molar-refractivity contribution >= 4 is 9.84 Å². The van der Waals surface area contributed by atoms with Gasteiger partial charge in [-0.15, -0.1) is 0 Å². The van der Waals surface area contributed by atoms with Crippen LogP contribution in [0.4, 0.5) is 0 Å². The molecule has 5 heteroatoms. The Hall–Kier alpha value is -0.130. The van der Waals surface area contributed by atoms with Crippen molar-refractivity contribution in [3.8, 4) is 0 Å². The summed E-state index contributed by atoms with van der Waals surface area (Å²) in [7, 11) is -2.92. The highest BCUT2D eigenvalue weighted by atomic mass is 32.2. The molecule has 0 aliphatic heterocycles. The first kappa shape index (κ1) is 15.9. The van der Waals surface area contributed by atoms with Crippen molar-refractivity contribution in [3.63, 3.8) is 0 Å². The fourth-order valence-corrected chi connectivity index (χ4v) is 2.32. The number of hydrogen-bond acceptors (Lipinski definition) is 4. The molecule has 0 aromatic heterocycles. The van der Waals surface area contributed by atoms with Gasteiger partial charge in [0.25, 0.3) is 0 Å². The van der Waals surface area contributed by atoms with Gasteiger partial charge in [0.2, 0.25) is 0 Å². The Morgan fingerprint density at radius 1 is 1.25 bits per heavy atom. The van der Waals surface area contributed by atoms with Gasteiger partial charge in [-0.1, -0.05) is 13.3 Å². The van der Waals surface area contributed by atoms with Crippen LogP contribution in [-0.4, -0.2) is 44.3 Å². The first-order valence-corrected chi connectivity index (χ1v) is 7.94. The SMILES string of the molecule is CCCC(OCC)C(O)CCCS(C)(=O)=O. The lowest BCUT2D eigenvalue weighted by molar-refractivity contribution is -0.0400. The summed E-state index contributed by atoms with van der Waals surface area (Å²) < 4.78 is 27.3. The zero-order valence-electron chi connectivity index (χ0n) is 10.5. The summed E-state index contributed by atoms with van der Waals surface area (Å²) in [5.74, 6) is 0.134. The van der Waals surface area contributed by atoms with Crippen LogP contribution in [0.5, 0.6) is 0 Å². The van der Waals surface area contributed by atoms with Crippen LogP contribution in [-0.2, 0) is 14.6 Å². The predicted octanol–water partition coefficient (Wildman–Crippen LogP) is 1.38. The zero-order valence-corrected chi connectivity index (χ0v) is 11.3. The molecule has 2 atom stereocenters. The van der Waals surface area contributed by atoms with E-state index >= 15 is 0 Å². The first-order chi connectivity index (χ1) is 7.40. The van der Waals surface area contributed by atoms with E-state index < -0.39 is 15.9 Å². The van der Waals surface area contributed by atoms with E-state index in [9.17, 15) is 13.5 Å². The average Bonchev–Trinajstić information content (AvgIpc) is 2.15. The molecule has 0 heterocycles. The van der Waals surface area contributed by atoms with Crippen LogP contribution >= 0.6 is 0 Å². The van der Waals surface area contributed by atoms with Crippen LogP contribution in [0.2, 0.25) is 0 Å². The van der Waals surface area contributed by atoms with Gasteiger partial charge >= 0.3 is 0 Å². The molecule has 0 radical (unpaired) electrons. The van der Waals surface area contributed by atoms with Crippen LogP contribution in [0.25, 0.3) is 0 Å². The average molecular weight is 252 g/mol. The Labute approximate surface area is 98.9 Å². The van der Waals surface area contributed by atoms with Crippen LogP contribution in [0.3, 0.4) is 0 Å². The molecular formula is C11H24O4S. The molecule has 4 nitrogen and oxygen atoms in total. The lowest BCUT2D eigenvalue weighted by Gasteiger charge is -2.22. The summed E-state index contributed by atoms with van der Waals surface area (Å²) in [6.07, 6.45) is 3.24. The third kappa shape index (κ3) is 8.07. The molecule has 0 aromatic rings. The molecule has 0 amide bonds. The van der Waals surface area contributed by atoms with Gasteiger partial charge in [0.1, 0.15) is 9.84 Å². The molecule has 0 bridgehead atoms. The minimum atomic E-state index is -2.92. The van der Waals surface area contributed by atoms with Gasteiger partial charge in [-0.2, -0.15) is 0 Å². The molecule has 98 valence electrons. The second kappa shape index (κ2) is 8.03. The lowest BCUT2D eigenvalue weighted by Crippen LogP contribution is -2.29. The highest BCUT2D eigenvalue weighted by molar-refractivity contribution is 7.90. The van der Waals surface area contributed by atoms with Crippen molar-refractivity contribution in [2.45, 2.75) is 51.7 Å². The van der Waals surface area contributed by atoms with Crippen LogP contribution in [0.15, 0.2) is 0 Å². The van der Waals surface area contributed by atoms with Gasteiger partial charge in [-0.3, -0.25) is 0 Å². The van der Waals surface area contributed by atoms with Crippen molar-refractivity contribution in [2.75, 3.05) is 18.6 Å². The molecular weight excluding hydrogens is 228 g/mol. The van der Waals surface area contributed by atoms with Crippen molar-refractivity contribution in [2.24, 2.45) is 0 Å². The quantitative estimate of drug-likeness (QED) is 0.673. The fraction of sp³-hybridized carbons (Fsp3) is 1.00. The summed E-state index contributed by atoms with van der Waals surface area (Å²) >= 11 is 0. The molecule has 2 unspecified atom stereocenters. The highest BCUT2D eigenvalue weighted by Crippen LogP contribution is 2.12. The van der Waals surface area contributed by atoms with Gasteiger partial charge in [0.15, 0.2) is 0 Å². The van der Waals surface area contributed by atoms with E-state index in [1.165, 1.54) is 6.26 Å². The van der Waals surface area contributed by atoms with Crippen LogP contribution in [0, 0.1) is 0 Å². The van der Waals surface area contributed by atoms with Gasteiger partial charge in [-0.25, -0.2) is 8.42 Å². The Bertz CT molecular complexity index is 255. The number of aliphatic hydroxyl groups is 1. The van der Waals surface area contributed by atoms with E-state index in [0.29, 0.717) is 19.4 Å². The molecule has 0 aliphatic carbocycles. The maximum absolute atomic E-state index is 10.9. The number of sulfone groups is 1. The summed E-state index contributed by atoms with van der Waals surface area (Å²) in [5.41, 5.74) is 0. The Kier molecular flexibility index (Phi) is 7.97. The van der Waals surface area contributed by atoms with Crippen molar-refractivity contribution in [1.29, 1.82) is 0 Å². The van der Waals surface area contributed by atoms with E-state index in [4.69, 9.17) is 4.74 Å². The standard InChI is InChI=1S/C11H24O4S/c1-4-7-11(15-5-2)10(12)8-6-9-16(3,13)14/h10-12H,4-9H2,1-3H3. The summed E-state index contributed by atoms with van der Waals surface area (Å²) in [6.45, 7) is 4.51. The highest BCUT2D eigenvalue weighted by Gasteiger charge is 2.18. The molecule has 0 saturated heterocycles. The minimum Gasteiger partial charge on any atom is -0.390 e. The summed E-state index contributed by atoms with van der Waals surface area (Å²) in [6, 6.07) is 0. The van der Waals surface area contributed by atoms with Gasteiger partial charge in [0, 0.05) is 18.6 Å². The molecule has 0 spiro atoms. The smallest absolute Gasteiger partial charge is 0.147 e. The van der Waals surface area contributed by atoms with E-state index in [-0.39, 0.29) is 11.9 Å². The van der Waals surface area contributed by atoms with E-state index in [1.807, 2.05) is 13.8 Å². The molecule has 0 aromatic carbocycles. The predicted molar refractivity (Wildman–Crippen MR) is 65.3 cm³/mol. The summed E-state index contributed by atoms with van der Waals surface area (Å²) in [4.78, 5) is 0. The molecule has 0 saturated carbocycles. The fourth-order valence-electron chi connectivity index (χ4n) is 1.63. The Morgan fingerprint density at radius 3 is 2.31 bits per heavy atom. The van der Waals surface area contributed by atoms with Crippen molar-refractivity contribution in [3.05, 3.63) is 0 Å². The number of rotatable bonds is 9. The number of ether oxygens (including phenoxy) is 1. The number of aliphatic hydroxyl groups excluding tert-OH is 1. The normalized spacial score (nSPS) is 16.0. The third-order valence-corrected chi connectivity index (χ3v) is 3.43. The van der Waals surface area contributed by atoms with Crippen LogP contribution in [0.1, 0.15) is 39.5 Å². The topological polar surface area (TPSA) is 63.6 Å². The molecule has 1 N–H and O–H groups in total. The molecule has 0 rings (SSSR count). The summed E-state index contributed by atoms with van der Waals surface area (Å²) in [5, 5.41) is 9.85. The maximum Gasteiger partial charge on any atom is 0.147 e. The van der Waals surface area contributed by atoms with Gasteiger partial charge < -0.3 is 9.84 Å². The molecule has 16 heavy (non-hydrogen) atoms. The monoisotopic (exact) mass is 252 g/mol. The second-order valence-electron chi connectivity index (χ2n) is 4.12. The van der Waals surface area contributed by atoms with Crippen LogP contribution < -0.4 is 0 Å². The zero-order chi connectivity index (χ0) is 12.6. The van der Waals surface area contributed by atoms with Gasteiger partial charge in [0.05, 0.1) is 12.2 Å². The largest absolute Gasteiger partial charge is 0.390 e.